The quantitative estimate of drug-likeness (QED) is 0.857. The van der Waals surface area contributed by atoms with Gasteiger partial charge in [-0.25, -0.2) is 4.98 Å². The zero-order valence-electron chi connectivity index (χ0n) is 12.3. The maximum absolute atomic E-state index is 11.6. The van der Waals surface area contributed by atoms with Gasteiger partial charge in [0.15, 0.2) is 0 Å². The Morgan fingerprint density at radius 2 is 2.05 bits per heavy atom. The van der Waals surface area contributed by atoms with E-state index in [0.29, 0.717) is 6.42 Å². The van der Waals surface area contributed by atoms with Crippen LogP contribution >= 0.6 is 27.3 Å². The number of rotatable bonds is 4. The minimum atomic E-state index is -0.825. The maximum Gasteiger partial charge on any atom is 0.311 e. The molecule has 3 nitrogen and oxygen atoms in total. The van der Waals surface area contributed by atoms with Crippen molar-refractivity contribution in [2.45, 2.75) is 38.5 Å². The number of carbonyl (C=O) groups is 1. The molecule has 0 spiro atoms. The van der Waals surface area contributed by atoms with E-state index in [1.54, 1.807) is 0 Å². The minimum absolute atomic E-state index is 0.0131. The fourth-order valence-electron chi connectivity index (χ4n) is 2.01. The summed E-state index contributed by atoms with van der Waals surface area (Å²) < 4.78 is 0.824. The van der Waals surface area contributed by atoms with Crippen LogP contribution in [0.4, 0.5) is 0 Å². The zero-order chi connectivity index (χ0) is 15.6. The molecule has 2 aromatic rings. The lowest BCUT2D eigenvalue weighted by Crippen LogP contribution is -2.16. The average molecular weight is 368 g/mol. The van der Waals surface area contributed by atoms with Crippen molar-refractivity contribution in [3.8, 4) is 0 Å². The van der Waals surface area contributed by atoms with Gasteiger partial charge in [-0.15, -0.1) is 11.3 Å². The molecule has 1 aromatic carbocycles. The summed E-state index contributed by atoms with van der Waals surface area (Å²) in [5, 5.41) is 12.4. The van der Waals surface area contributed by atoms with Crippen molar-refractivity contribution in [3.63, 3.8) is 0 Å². The molecule has 2 rings (SSSR count). The van der Waals surface area contributed by atoms with Crippen LogP contribution in [0.15, 0.2) is 34.1 Å². The van der Waals surface area contributed by atoms with Crippen LogP contribution in [0.2, 0.25) is 0 Å². The highest BCUT2D eigenvalue weighted by atomic mass is 79.9. The predicted molar refractivity (Wildman–Crippen MR) is 89.0 cm³/mol. The molecule has 1 atom stereocenters. The summed E-state index contributed by atoms with van der Waals surface area (Å²) in [6, 6.07) is 7.46. The van der Waals surface area contributed by atoms with Crippen LogP contribution in [-0.2, 0) is 16.6 Å². The van der Waals surface area contributed by atoms with Crippen molar-refractivity contribution in [1.82, 2.24) is 4.98 Å². The van der Waals surface area contributed by atoms with E-state index in [4.69, 9.17) is 0 Å². The summed E-state index contributed by atoms with van der Waals surface area (Å²) in [7, 11) is 0. The Bertz CT molecular complexity index is 646. The third-order valence-electron chi connectivity index (χ3n) is 3.28. The lowest BCUT2D eigenvalue weighted by Gasteiger charge is -2.15. The van der Waals surface area contributed by atoms with Crippen LogP contribution in [0, 0.1) is 0 Å². The summed E-state index contributed by atoms with van der Waals surface area (Å²) in [6.07, 6.45) is 0.415. The summed E-state index contributed by atoms with van der Waals surface area (Å²) in [5.74, 6) is -1.41. The number of aliphatic carboxylic acids is 1. The van der Waals surface area contributed by atoms with E-state index < -0.39 is 11.9 Å². The standard InChI is InChI=1S/C16H18BrNO2S/c1-16(2,3)13-9-21-14(18-13)8-11(15(19)20)10-6-4-5-7-12(10)17/h4-7,9,11H,8H2,1-3H3,(H,19,20). The molecule has 0 radical (unpaired) electrons. The largest absolute Gasteiger partial charge is 0.481 e. The van der Waals surface area contributed by atoms with E-state index in [9.17, 15) is 9.90 Å². The maximum atomic E-state index is 11.6. The fourth-order valence-corrected chi connectivity index (χ4v) is 3.64. The molecule has 0 bridgehead atoms. The molecule has 1 heterocycles. The number of nitrogens with zero attached hydrogens (tertiary/aromatic N) is 1. The van der Waals surface area contributed by atoms with E-state index in [1.165, 1.54) is 11.3 Å². The number of hydrogen-bond donors (Lipinski definition) is 1. The molecule has 112 valence electrons. The highest BCUT2D eigenvalue weighted by molar-refractivity contribution is 9.10. The van der Waals surface area contributed by atoms with Crippen molar-refractivity contribution < 1.29 is 9.90 Å². The van der Waals surface area contributed by atoms with Crippen LogP contribution in [0.5, 0.6) is 0 Å². The van der Waals surface area contributed by atoms with Gasteiger partial charge in [-0.2, -0.15) is 0 Å². The molecule has 0 saturated carbocycles. The van der Waals surface area contributed by atoms with Gasteiger partial charge in [-0.05, 0) is 11.6 Å². The first-order chi connectivity index (χ1) is 9.79. The van der Waals surface area contributed by atoms with Crippen LogP contribution in [0.25, 0.3) is 0 Å². The van der Waals surface area contributed by atoms with Gasteiger partial charge in [0.05, 0.1) is 16.6 Å². The van der Waals surface area contributed by atoms with Crippen molar-refractivity contribution in [2.24, 2.45) is 0 Å². The van der Waals surface area contributed by atoms with Gasteiger partial charge in [0, 0.05) is 21.7 Å². The number of aromatic nitrogens is 1. The molecule has 1 aromatic heterocycles. The summed E-state index contributed by atoms with van der Waals surface area (Å²) in [4.78, 5) is 16.2. The topological polar surface area (TPSA) is 50.2 Å². The van der Waals surface area contributed by atoms with E-state index in [0.717, 1.165) is 20.7 Å². The second-order valence-electron chi connectivity index (χ2n) is 5.99. The van der Waals surface area contributed by atoms with E-state index in [-0.39, 0.29) is 5.41 Å². The Morgan fingerprint density at radius 3 is 2.57 bits per heavy atom. The van der Waals surface area contributed by atoms with Crippen LogP contribution in [0.1, 0.15) is 43.0 Å². The molecule has 0 amide bonds. The minimum Gasteiger partial charge on any atom is -0.481 e. The van der Waals surface area contributed by atoms with Gasteiger partial charge in [0.1, 0.15) is 0 Å². The van der Waals surface area contributed by atoms with Crippen LogP contribution in [-0.4, -0.2) is 16.1 Å². The Labute approximate surface area is 137 Å². The number of thiazole rings is 1. The highest BCUT2D eigenvalue weighted by Gasteiger charge is 2.25. The number of benzene rings is 1. The van der Waals surface area contributed by atoms with E-state index in [1.807, 2.05) is 29.6 Å². The monoisotopic (exact) mass is 367 g/mol. The molecule has 0 aliphatic rings. The van der Waals surface area contributed by atoms with Crippen LogP contribution < -0.4 is 0 Å². The number of carboxylic acids is 1. The van der Waals surface area contributed by atoms with Gasteiger partial charge >= 0.3 is 5.97 Å². The Balaban J connectivity index is 2.28. The SMILES string of the molecule is CC(C)(C)c1csc(CC(C(=O)O)c2ccccc2Br)n1. The lowest BCUT2D eigenvalue weighted by molar-refractivity contribution is -0.138. The molecule has 21 heavy (non-hydrogen) atoms. The zero-order valence-corrected chi connectivity index (χ0v) is 14.7. The summed E-state index contributed by atoms with van der Waals surface area (Å²) in [6.45, 7) is 6.32. The molecule has 0 aliphatic heterocycles. The Morgan fingerprint density at radius 1 is 1.38 bits per heavy atom. The molecule has 1 unspecified atom stereocenters. The smallest absolute Gasteiger partial charge is 0.311 e. The molecule has 0 aliphatic carbocycles. The summed E-state index contributed by atoms with van der Waals surface area (Å²) in [5.41, 5.74) is 1.79. The third kappa shape index (κ3) is 3.92. The van der Waals surface area contributed by atoms with Crippen molar-refractivity contribution >= 4 is 33.2 Å². The third-order valence-corrected chi connectivity index (χ3v) is 4.87. The molecule has 1 N–H and O–H groups in total. The molecular weight excluding hydrogens is 350 g/mol. The first kappa shape index (κ1) is 16.2. The van der Waals surface area contributed by atoms with Crippen molar-refractivity contribution in [1.29, 1.82) is 0 Å². The number of hydrogen-bond acceptors (Lipinski definition) is 3. The van der Waals surface area contributed by atoms with Gasteiger partial charge in [0.25, 0.3) is 0 Å². The van der Waals surface area contributed by atoms with Gasteiger partial charge < -0.3 is 5.11 Å². The number of carboxylic acid groups (broad SMARTS) is 1. The Kier molecular flexibility index (Phi) is 4.84. The average Bonchev–Trinajstić information content (AvgIpc) is 2.85. The first-order valence-corrected chi connectivity index (χ1v) is 8.38. The van der Waals surface area contributed by atoms with Gasteiger partial charge in [-0.1, -0.05) is 54.9 Å². The predicted octanol–water partition coefficient (Wildman–Crippen LogP) is 4.61. The summed E-state index contributed by atoms with van der Waals surface area (Å²) >= 11 is 4.97. The van der Waals surface area contributed by atoms with Crippen LogP contribution in [0.3, 0.4) is 0 Å². The van der Waals surface area contributed by atoms with Gasteiger partial charge in [-0.3, -0.25) is 4.79 Å². The fraction of sp³-hybridized carbons (Fsp3) is 0.375. The normalized spacial score (nSPS) is 13.1. The van der Waals surface area contributed by atoms with Crippen molar-refractivity contribution in [2.75, 3.05) is 0 Å². The second kappa shape index (κ2) is 6.28. The molecule has 0 saturated heterocycles. The molecular formula is C16H18BrNO2S. The lowest BCUT2D eigenvalue weighted by atomic mass is 9.93. The number of halogens is 1. The van der Waals surface area contributed by atoms with E-state index in [2.05, 4.69) is 41.7 Å². The van der Waals surface area contributed by atoms with Crippen molar-refractivity contribution in [3.05, 3.63) is 50.4 Å². The Hall–Kier alpha value is -1.20. The van der Waals surface area contributed by atoms with Gasteiger partial charge in [0.2, 0.25) is 0 Å². The second-order valence-corrected chi connectivity index (χ2v) is 7.79. The first-order valence-electron chi connectivity index (χ1n) is 6.71. The van der Waals surface area contributed by atoms with E-state index >= 15 is 0 Å². The molecule has 5 heteroatoms. The highest BCUT2D eigenvalue weighted by Crippen LogP contribution is 2.31. The molecule has 0 fully saturated rings.